The first-order valence-corrected chi connectivity index (χ1v) is 13.1. The number of amides is 1. The van der Waals surface area contributed by atoms with E-state index in [0.717, 1.165) is 25.9 Å². The number of rotatable bonds is 7. The average Bonchev–Trinajstić information content (AvgIpc) is 3.34. The molecule has 3 N–H and O–H groups in total. The van der Waals surface area contributed by atoms with Gasteiger partial charge in [-0.1, -0.05) is 30.3 Å². The van der Waals surface area contributed by atoms with Crippen LogP contribution in [-0.4, -0.2) is 51.7 Å². The number of carboxylic acid groups (broad SMARTS) is 1. The number of aryl methyl sites for hydroxylation is 1. The number of carboxylic acids is 1. The van der Waals surface area contributed by atoms with Gasteiger partial charge in [-0.15, -0.1) is 11.3 Å². The first-order chi connectivity index (χ1) is 17.9. The molecule has 37 heavy (non-hydrogen) atoms. The molecule has 4 aromatic rings. The standard InChI is InChI=1S/C28H28N4O4S/c1-17-27(35)26(28(36)29-16-25(33)34)31-24(30-17)14-18-10-12-32(13-11-18)21-8-6-19(7-9-21)23-15-20-4-2-3-5-22(20)37-23/h2-9,15,18,35H,10-14,16H2,1H3,(H,29,36)(H,33,34). The normalized spacial score (nSPS) is 14.1. The summed E-state index contributed by atoms with van der Waals surface area (Å²) in [5, 5.41) is 22.5. The Bertz CT molecular complexity index is 1410. The number of fused-ring (bicyclic) bond motifs is 1. The summed E-state index contributed by atoms with van der Waals surface area (Å²) in [7, 11) is 0. The van der Waals surface area contributed by atoms with Crippen molar-refractivity contribution in [3.8, 4) is 16.2 Å². The molecule has 1 fully saturated rings. The summed E-state index contributed by atoms with van der Waals surface area (Å²) in [4.78, 5) is 35.3. The zero-order valence-electron chi connectivity index (χ0n) is 20.5. The number of aliphatic carboxylic acids is 1. The molecule has 5 rings (SSSR count). The minimum Gasteiger partial charge on any atom is -0.504 e. The highest BCUT2D eigenvalue weighted by Crippen LogP contribution is 2.35. The Balaban J connectivity index is 1.20. The van der Waals surface area contributed by atoms with Crippen LogP contribution in [0, 0.1) is 12.8 Å². The van der Waals surface area contributed by atoms with Gasteiger partial charge in [-0.05, 0) is 60.9 Å². The molecule has 0 spiro atoms. The highest BCUT2D eigenvalue weighted by molar-refractivity contribution is 7.22. The maximum Gasteiger partial charge on any atom is 0.322 e. The maximum absolute atomic E-state index is 12.3. The van der Waals surface area contributed by atoms with Crippen LogP contribution in [0.3, 0.4) is 0 Å². The van der Waals surface area contributed by atoms with E-state index in [-0.39, 0.29) is 11.4 Å². The Labute approximate surface area is 218 Å². The number of nitrogens with zero attached hydrogens (tertiary/aromatic N) is 3. The van der Waals surface area contributed by atoms with Crippen LogP contribution >= 0.6 is 11.3 Å². The molecule has 9 heteroatoms. The zero-order chi connectivity index (χ0) is 25.9. The molecule has 0 aliphatic carbocycles. The van der Waals surface area contributed by atoms with Crippen LogP contribution in [0.4, 0.5) is 5.69 Å². The van der Waals surface area contributed by atoms with Crippen LogP contribution in [0.1, 0.15) is 34.8 Å². The van der Waals surface area contributed by atoms with Gasteiger partial charge in [0.25, 0.3) is 5.91 Å². The second kappa shape index (κ2) is 10.6. The van der Waals surface area contributed by atoms with Crippen LogP contribution in [0.15, 0.2) is 54.6 Å². The van der Waals surface area contributed by atoms with Crippen LogP contribution in [0.5, 0.6) is 5.75 Å². The number of hydrogen-bond acceptors (Lipinski definition) is 7. The lowest BCUT2D eigenvalue weighted by Crippen LogP contribution is -2.34. The van der Waals surface area contributed by atoms with Gasteiger partial charge in [0.1, 0.15) is 12.4 Å². The summed E-state index contributed by atoms with van der Waals surface area (Å²) in [6, 6.07) is 19.4. The molecule has 0 radical (unpaired) electrons. The van der Waals surface area contributed by atoms with Crippen molar-refractivity contribution in [2.24, 2.45) is 5.92 Å². The smallest absolute Gasteiger partial charge is 0.322 e. The van der Waals surface area contributed by atoms with Gasteiger partial charge < -0.3 is 20.4 Å². The number of hydrogen-bond donors (Lipinski definition) is 3. The van der Waals surface area contributed by atoms with Gasteiger partial charge in [-0.2, -0.15) is 0 Å². The summed E-state index contributed by atoms with van der Waals surface area (Å²) in [6.45, 7) is 2.89. The number of anilines is 1. The Kier molecular flexibility index (Phi) is 7.05. The Morgan fingerprint density at radius 1 is 1.08 bits per heavy atom. The molecule has 1 amide bonds. The zero-order valence-corrected chi connectivity index (χ0v) is 21.3. The van der Waals surface area contributed by atoms with E-state index < -0.39 is 18.4 Å². The highest BCUT2D eigenvalue weighted by Gasteiger charge is 2.23. The molecule has 8 nitrogen and oxygen atoms in total. The minimum atomic E-state index is -1.17. The van der Waals surface area contributed by atoms with E-state index in [1.54, 1.807) is 6.92 Å². The Morgan fingerprint density at radius 2 is 1.81 bits per heavy atom. The predicted molar refractivity (Wildman–Crippen MR) is 144 cm³/mol. The monoisotopic (exact) mass is 516 g/mol. The predicted octanol–water partition coefficient (Wildman–Crippen LogP) is 4.65. The van der Waals surface area contributed by atoms with Gasteiger partial charge in [0, 0.05) is 34.8 Å². The molecule has 3 heterocycles. The van der Waals surface area contributed by atoms with Crippen molar-refractivity contribution < 1.29 is 19.8 Å². The van der Waals surface area contributed by atoms with Gasteiger partial charge in [-0.25, -0.2) is 9.97 Å². The summed E-state index contributed by atoms with van der Waals surface area (Å²) >= 11 is 1.81. The third-order valence-electron chi connectivity index (χ3n) is 6.75. The molecule has 0 unspecified atom stereocenters. The number of aromatic hydroxyl groups is 1. The summed E-state index contributed by atoms with van der Waals surface area (Å²) in [5.41, 5.74) is 2.56. The van der Waals surface area contributed by atoms with E-state index in [0.29, 0.717) is 23.9 Å². The lowest BCUT2D eigenvalue weighted by Gasteiger charge is -2.33. The van der Waals surface area contributed by atoms with Crippen LogP contribution in [0.25, 0.3) is 20.5 Å². The van der Waals surface area contributed by atoms with E-state index in [2.05, 4.69) is 74.8 Å². The number of carbonyl (C=O) groups is 2. The second-order valence-electron chi connectivity index (χ2n) is 9.33. The van der Waals surface area contributed by atoms with Gasteiger partial charge in [0.05, 0.1) is 5.69 Å². The molecule has 2 aromatic heterocycles. The SMILES string of the molecule is Cc1nc(CC2CCN(c3ccc(-c4cc5ccccc5s4)cc3)CC2)nc(C(=O)NCC(=O)O)c1O. The van der Waals surface area contributed by atoms with Crippen molar-refractivity contribution in [2.75, 3.05) is 24.5 Å². The van der Waals surface area contributed by atoms with Gasteiger partial charge in [0.15, 0.2) is 11.4 Å². The lowest BCUT2D eigenvalue weighted by atomic mass is 9.92. The molecular formula is C28H28N4O4S. The van der Waals surface area contributed by atoms with Crippen molar-refractivity contribution >= 4 is 39.0 Å². The van der Waals surface area contributed by atoms with Gasteiger partial charge >= 0.3 is 5.97 Å². The van der Waals surface area contributed by atoms with Gasteiger partial charge in [-0.3, -0.25) is 9.59 Å². The van der Waals surface area contributed by atoms with Crippen molar-refractivity contribution in [2.45, 2.75) is 26.2 Å². The van der Waals surface area contributed by atoms with Gasteiger partial charge in [0.2, 0.25) is 0 Å². The lowest BCUT2D eigenvalue weighted by molar-refractivity contribution is -0.135. The van der Waals surface area contributed by atoms with E-state index in [1.165, 1.54) is 26.2 Å². The topological polar surface area (TPSA) is 116 Å². The number of carbonyl (C=O) groups excluding carboxylic acids is 1. The molecule has 2 aromatic carbocycles. The first kappa shape index (κ1) is 24.7. The summed E-state index contributed by atoms with van der Waals surface area (Å²) < 4.78 is 1.30. The summed E-state index contributed by atoms with van der Waals surface area (Å²) in [5.74, 6) is -1.36. The van der Waals surface area contributed by atoms with E-state index in [4.69, 9.17) is 5.11 Å². The number of thiophene rings is 1. The van der Waals surface area contributed by atoms with Crippen LogP contribution in [-0.2, 0) is 11.2 Å². The fourth-order valence-corrected chi connectivity index (χ4v) is 5.80. The molecule has 0 atom stereocenters. The fourth-order valence-electron chi connectivity index (χ4n) is 4.73. The van der Waals surface area contributed by atoms with Crippen LogP contribution in [0.2, 0.25) is 0 Å². The number of piperidine rings is 1. The second-order valence-corrected chi connectivity index (χ2v) is 10.4. The quantitative estimate of drug-likeness (QED) is 0.328. The van der Waals surface area contributed by atoms with E-state index in [9.17, 15) is 14.7 Å². The van der Waals surface area contributed by atoms with Crippen molar-refractivity contribution in [3.05, 3.63) is 71.8 Å². The maximum atomic E-state index is 12.3. The third-order valence-corrected chi connectivity index (χ3v) is 7.91. The fraction of sp³-hybridized carbons (Fsp3) is 0.286. The highest BCUT2D eigenvalue weighted by atomic mass is 32.1. The number of aromatic nitrogens is 2. The van der Waals surface area contributed by atoms with Crippen molar-refractivity contribution in [3.63, 3.8) is 0 Å². The largest absolute Gasteiger partial charge is 0.504 e. The molecule has 0 saturated carbocycles. The van der Waals surface area contributed by atoms with E-state index in [1.807, 2.05) is 11.3 Å². The first-order valence-electron chi connectivity index (χ1n) is 12.3. The van der Waals surface area contributed by atoms with E-state index >= 15 is 0 Å². The number of nitrogens with one attached hydrogen (secondary N) is 1. The molecule has 0 bridgehead atoms. The third kappa shape index (κ3) is 5.56. The van der Waals surface area contributed by atoms with Crippen molar-refractivity contribution in [1.29, 1.82) is 0 Å². The Hall–Kier alpha value is -3.98. The molecule has 1 aliphatic rings. The average molecular weight is 517 g/mol. The van der Waals surface area contributed by atoms with Crippen molar-refractivity contribution in [1.82, 2.24) is 15.3 Å². The minimum absolute atomic E-state index is 0.181. The molecule has 1 saturated heterocycles. The van der Waals surface area contributed by atoms with Crippen LogP contribution < -0.4 is 10.2 Å². The molecule has 190 valence electrons. The summed E-state index contributed by atoms with van der Waals surface area (Å²) in [6.07, 6.45) is 2.52. The molecule has 1 aliphatic heterocycles. The molecular weight excluding hydrogens is 488 g/mol. The Morgan fingerprint density at radius 3 is 2.51 bits per heavy atom. The number of benzene rings is 2.